The lowest BCUT2D eigenvalue weighted by atomic mass is 9.62. The predicted octanol–water partition coefficient (Wildman–Crippen LogP) is 6.31. The summed E-state index contributed by atoms with van der Waals surface area (Å²) in [6.45, 7) is 13.0. The molecule has 0 aromatic heterocycles. The molecule has 2 aromatic carbocycles. The Bertz CT molecular complexity index is 960. The van der Waals surface area contributed by atoms with Gasteiger partial charge in [0, 0.05) is 11.1 Å². The van der Waals surface area contributed by atoms with Crippen molar-refractivity contribution >= 4 is 17.6 Å². The zero-order chi connectivity index (χ0) is 20.9. The van der Waals surface area contributed by atoms with Crippen LogP contribution < -0.4 is 0 Å². The molecule has 0 spiro atoms. The quantitative estimate of drug-likeness (QED) is 0.615. The normalized spacial score (nSPS) is 17.9. The average Bonchev–Trinajstić information content (AvgIpc) is 2.59. The van der Waals surface area contributed by atoms with Crippen LogP contribution in [0.4, 0.5) is 0 Å². The Morgan fingerprint density at radius 1 is 1.04 bits per heavy atom. The number of phenols is 1. The summed E-state index contributed by atoms with van der Waals surface area (Å²) in [5.74, 6) is -0.538. The first-order chi connectivity index (χ1) is 12.9. The Morgan fingerprint density at radius 2 is 1.61 bits per heavy atom. The molecule has 0 saturated heterocycles. The van der Waals surface area contributed by atoms with Crippen LogP contribution >= 0.6 is 0 Å². The van der Waals surface area contributed by atoms with Crippen molar-refractivity contribution in [1.82, 2.24) is 0 Å². The van der Waals surface area contributed by atoms with Gasteiger partial charge in [-0.3, -0.25) is 0 Å². The van der Waals surface area contributed by atoms with Gasteiger partial charge in [-0.2, -0.15) is 0 Å². The molecule has 28 heavy (non-hydrogen) atoms. The van der Waals surface area contributed by atoms with Gasteiger partial charge in [0.15, 0.2) is 0 Å². The molecule has 148 valence electrons. The molecule has 0 bridgehead atoms. The first-order valence-electron chi connectivity index (χ1n) is 9.83. The fraction of sp³-hybridized carbons (Fsp3) is 0.400. The maximum Gasteiger partial charge on any atom is 0.335 e. The minimum absolute atomic E-state index is 0.0515. The van der Waals surface area contributed by atoms with Crippen LogP contribution in [0, 0.1) is 6.92 Å². The Hall–Kier alpha value is -2.55. The maximum absolute atomic E-state index is 11.3. The summed E-state index contributed by atoms with van der Waals surface area (Å²) < 4.78 is 0. The number of rotatable bonds is 3. The SMILES string of the molecule is CC(=Cc1ccc(C(=O)O)cc1)c1c(C)cc2c(c1O)C(C)(C)CCC2(C)C. The minimum Gasteiger partial charge on any atom is -0.507 e. The van der Waals surface area contributed by atoms with Gasteiger partial charge in [0.2, 0.25) is 0 Å². The van der Waals surface area contributed by atoms with Gasteiger partial charge in [0.05, 0.1) is 5.56 Å². The first kappa shape index (κ1) is 20.2. The summed E-state index contributed by atoms with van der Waals surface area (Å²) in [7, 11) is 0. The molecule has 3 rings (SSSR count). The molecule has 1 aliphatic carbocycles. The van der Waals surface area contributed by atoms with Crippen LogP contribution in [0.15, 0.2) is 30.3 Å². The number of carbonyl (C=O) groups is 1. The van der Waals surface area contributed by atoms with E-state index < -0.39 is 5.97 Å². The van der Waals surface area contributed by atoms with Crippen molar-refractivity contribution in [2.45, 2.75) is 65.2 Å². The van der Waals surface area contributed by atoms with Gasteiger partial charge >= 0.3 is 5.97 Å². The molecular formula is C25H30O3. The van der Waals surface area contributed by atoms with Crippen molar-refractivity contribution < 1.29 is 15.0 Å². The molecule has 1 aliphatic rings. The minimum atomic E-state index is -0.930. The number of phenolic OH excluding ortho intramolecular Hbond substituents is 1. The zero-order valence-electron chi connectivity index (χ0n) is 17.7. The second-order valence-corrected chi connectivity index (χ2v) is 9.36. The molecule has 0 unspecified atom stereocenters. The fourth-order valence-corrected chi connectivity index (χ4v) is 4.45. The van der Waals surface area contributed by atoms with Gasteiger partial charge in [0.1, 0.15) is 5.75 Å². The molecule has 3 heteroatoms. The van der Waals surface area contributed by atoms with Crippen molar-refractivity contribution in [3.05, 3.63) is 63.7 Å². The molecule has 0 radical (unpaired) electrons. The highest BCUT2D eigenvalue weighted by Gasteiger charge is 2.40. The number of carboxylic acid groups (broad SMARTS) is 1. The smallest absolute Gasteiger partial charge is 0.335 e. The van der Waals surface area contributed by atoms with E-state index in [0.717, 1.165) is 40.7 Å². The molecule has 2 N–H and O–H groups in total. The number of hydrogen-bond donors (Lipinski definition) is 2. The standard InChI is InChI=1S/C25H30O3/c1-15(13-17-7-9-18(10-8-17)23(27)28)20-16(2)14-19-21(22(20)26)25(5,6)12-11-24(19,3)4/h7-10,13-14,26H,11-12H2,1-6H3,(H,27,28). The number of aromatic carboxylic acids is 1. The topological polar surface area (TPSA) is 57.5 Å². The third kappa shape index (κ3) is 3.46. The van der Waals surface area contributed by atoms with E-state index in [1.165, 1.54) is 5.56 Å². The molecule has 0 aliphatic heterocycles. The van der Waals surface area contributed by atoms with Crippen LogP contribution in [0.2, 0.25) is 0 Å². The van der Waals surface area contributed by atoms with Crippen LogP contribution in [-0.4, -0.2) is 16.2 Å². The molecule has 2 aromatic rings. The number of benzene rings is 2. The number of allylic oxidation sites excluding steroid dienone is 1. The van der Waals surface area contributed by atoms with Gasteiger partial charge in [-0.05, 0) is 71.9 Å². The highest BCUT2D eigenvalue weighted by atomic mass is 16.4. The lowest BCUT2D eigenvalue weighted by molar-refractivity contribution is 0.0697. The first-order valence-corrected chi connectivity index (χ1v) is 9.83. The van der Waals surface area contributed by atoms with Gasteiger partial charge in [-0.25, -0.2) is 4.79 Å². The van der Waals surface area contributed by atoms with Crippen molar-refractivity contribution in [3.63, 3.8) is 0 Å². The van der Waals surface area contributed by atoms with E-state index in [4.69, 9.17) is 5.11 Å². The van der Waals surface area contributed by atoms with Crippen LogP contribution in [0.3, 0.4) is 0 Å². The highest BCUT2D eigenvalue weighted by molar-refractivity contribution is 5.89. The van der Waals surface area contributed by atoms with Crippen LogP contribution in [0.5, 0.6) is 5.75 Å². The van der Waals surface area contributed by atoms with Crippen molar-refractivity contribution in [1.29, 1.82) is 0 Å². The lowest BCUT2D eigenvalue weighted by Gasteiger charge is -2.43. The van der Waals surface area contributed by atoms with Gasteiger partial charge in [-0.1, -0.05) is 52.0 Å². The summed E-state index contributed by atoms with van der Waals surface area (Å²) in [4.78, 5) is 11.0. The van der Waals surface area contributed by atoms with Crippen molar-refractivity contribution in [3.8, 4) is 5.75 Å². The van der Waals surface area contributed by atoms with E-state index in [1.807, 2.05) is 13.0 Å². The van der Waals surface area contributed by atoms with E-state index in [0.29, 0.717) is 5.75 Å². The van der Waals surface area contributed by atoms with Crippen molar-refractivity contribution in [2.75, 3.05) is 0 Å². The van der Waals surface area contributed by atoms with Gasteiger partial charge < -0.3 is 10.2 Å². The third-order valence-corrected chi connectivity index (χ3v) is 6.21. The number of fused-ring (bicyclic) bond motifs is 1. The van der Waals surface area contributed by atoms with Crippen LogP contribution in [0.1, 0.15) is 85.6 Å². The predicted molar refractivity (Wildman–Crippen MR) is 115 cm³/mol. The molecule has 0 fully saturated rings. The van der Waals surface area contributed by atoms with E-state index in [2.05, 4.69) is 40.7 Å². The summed E-state index contributed by atoms with van der Waals surface area (Å²) in [6.07, 6.45) is 4.15. The maximum atomic E-state index is 11.3. The lowest BCUT2D eigenvalue weighted by Crippen LogP contribution is -2.34. The molecule has 0 atom stereocenters. The summed E-state index contributed by atoms with van der Waals surface area (Å²) in [6, 6.07) is 9.05. The van der Waals surface area contributed by atoms with Gasteiger partial charge in [0.25, 0.3) is 0 Å². The van der Waals surface area contributed by atoms with E-state index in [-0.39, 0.29) is 16.4 Å². The second-order valence-electron chi connectivity index (χ2n) is 9.36. The fourth-order valence-electron chi connectivity index (χ4n) is 4.45. The summed E-state index contributed by atoms with van der Waals surface area (Å²) in [5, 5.41) is 20.4. The Morgan fingerprint density at radius 3 is 2.18 bits per heavy atom. The summed E-state index contributed by atoms with van der Waals surface area (Å²) >= 11 is 0. The Balaban J connectivity index is 2.13. The number of aromatic hydroxyl groups is 1. The molecule has 0 saturated carbocycles. The Labute approximate surface area is 167 Å². The molecule has 3 nitrogen and oxygen atoms in total. The summed E-state index contributed by atoms with van der Waals surface area (Å²) in [5.41, 5.74) is 6.41. The van der Waals surface area contributed by atoms with Gasteiger partial charge in [-0.15, -0.1) is 0 Å². The van der Waals surface area contributed by atoms with E-state index >= 15 is 0 Å². The highest BCUT2D eigenvalue weighted by Crippen LogP contribution is 2.51. The third-order valence-electron chi connectivity index (χ3n) is 6.21. The van der Waals surface area contributed by atoms with Crippen LogP contribution in [0.25, 0.3) is 11.6 Å². The average molecular weight is 379 g/mol. The van der Waals surface area contributed by atoms with Crippen LogP contribution in [-0.2, 0) is 10.8 Å². The molecular weight excluding hydrogens is 348 g/mol. The largest absolute Gasteiger partial charge is 0.507 e. The van der Waals surface area contributed by atoms with E-state index in [1.54, 1.807) is 24.3 Å². The van der Waals surface area contributed by atoms with Crippen molar-refractivity contribution in [2.24, 2.45) is 0 Å². The monoisotopic (exact) mass is 378 g/mol. The number of aryl methyl sites for hydroxylation is 1. The number of carboxylic acids is 1. The second kappa shape index (κ2) is 6.80. The number of hydrogen-bond acceptors (Lipinski definition) is 2. The van der Waals surface area contributed by atoms with E-state index in [9.17, 15) is 9.90 Å². The Kier molecular flexibility index (Phi) is 4.91. The molecule has 0 amide bonds. The zero-order valence-corrected chi connectivity index (χ0v) is 17.7. The molecule has 0 heterocycles.